The van der Waals surface area contributed by atoms with Gasteiger partial charge in [-0.25, -0.2) is 13.9 Å². The second kappa shape index (κ2) is 5.33. The fourth-order valence-electron chi connectivity index (χ4n) is 3.97. The first-order valence-electron chi connectivity index (χ1n) is 8.04. The maximum atomic E-state index is 12.8. The van der Waals surface area contributed by atoms with Crippen molar-refractivity contribution >= 4 is 0 Å². The van der Waals surface area contributed by atoms with Crippen LogP contribution in [0, 0.1) is 6.92 Å². The lowest BCUT2D eigenvalue weighted by Crippen LogP contribution is -2.43. The van der Waals surface area contributed by atoms with Crippen LogP contribution in [0.1, 0.15) is 36.6 Å². The first kappa shape index (κ1) is 16.2. The van der Waals surface area contributed by atoms with E-state index < -0.39 is 35.3 Å². The third-order valence-electron chi connectivity index (χ3n) is 5.29. The van der Waals surface area contributed by atoms with Gasteiger partial charge in [0, 0.05) is 18.2 Å². The summed E-state index contributed by atoms with van der Waals surface area (Å²) in [6, 6.07) is -0.391. The van der Waals surface area contributed by atoms with E-state index in [1.807, 2.05) is 0 Å². The minimum atomic E-state index is -0.985. The number of rotatable bonds is 4. The molecule has 2 fully saturated rings. The number of nitrogens with zero attached hydrogens (tertiary/aromatic N) is 4. The quantitative estimate of drug-likeness (QED) is 0.785. The number of halogens is 1. The highest BCUT2D eigenvalue weighted by molar-refractivity contribution is 5.13. The number of ether oxygens (including phenoxy) is 1. The molecular weight excluding hydrogens is 332 g/mol. The maximum absolute atomic E-state index is 12.8. The Morgan fingerprint density at radius 2 is 2.24 bits per heavy atom. The van der Waals surface area contributed by atoms with Crippen LogP contribution >= 0.6 is 0 Å². The van der Waals surface area contributed by atoms with E-state index in [-0.39, 0.29) is 12.3 Å². The molecule has 0 spiro atoms. The molecule has 0 aromatic carbocycles. The summed E-state index contributed by atoms with van der Waals surface area (Å²) in [4.78, 5) is 26.3. The van der Waals surface area contributed by atoms with Crippen molar-refractivity contribution in [3.05, 3.63) is 44.5 Å². The number of aromatic amines is 1. The van der Waals surface area contributed by atoms with Crippen LogP contribution in [0.3, 0.4) is 0 Å². The highest BCUT2D eigenvalue weighted by Crippen LogP contribution is 2.57. The lowest BCUT2D eigenvalue weighted by molar-refractivity contribution is -0.120. The van der Waals surface area contributed by atoms with Crippen LogP contribution in [-0.4, -0.2) is 41.9 Å². The van der Waals surface area contributed by atoms with Crippen molar-refractivity contribution in [3.63, 3.8) is 0 Å². The summed E-state index contributed by atoms with van der Waals surface area (Å²) in [5, 5.41) is 17.7. The molecule has 4 rings (SSSR count). The molecule has 2 saturated heterocycles. The number of hydrogen-bond acceptors (Lipinski definition) is 6. The van der Waals surface area contributed by atoms with Crippen molar-refractivity contribution in [3.8, 4) is 0 Å². The van der Waals surface area contributed by atoms with E-state index in [0.717, 1.165) is 0 Å². The van der Waals surface area contributed by atoms with Crippen molar-refractivity contribution in [1.82, 2.24) is 24.5 Å². The Balaban J connectivity index is 1.80. The molecule has 9 nitrogen and oxygen atoms in total. The average Bonchev–Trinajstić information content (AvgIpc) is 3.30. The summed E-state index contributed by atoms with van der Waals surface area (Å²) < 4.78 is 21.8. The SMILES string of the molecule is Cc1cn(C23CCC(CO)(O2)C(n2cc(C[18F])nn2)C3)c(=O)[nH]c1=O. The molecule has 2 aliphatic heterocycles. The molecule has 0 aliphatic carbocycles. The molecule has 25 heavy (non-hydrogen) atoms. The smallest absolute Gasteiger partial charge is 0.330 e. The average molecular weight is 350 g/mol. The molecule has 0 amide bonds. The van der Waals surface area contributed by atoms with Crippen molar-refractivity contribution in [2.24, 2.45) is 0 Å². The van der Waals surface area contributed by atoms with Crippen LogP contribution in [0.15, 0.2) is 22.0 Å². The summed E-state index contributed by atoms with van der Waals surface area (Å²) in [6.07, 6.45) is 4.34. The first-order chi connectivity index (χ1) is 11.9. The lowest BCUT2D eigenvalue weighted by atomic mass is 9.81. The number of fused-ring (bicyclic) bond motifs is 2. The van der Waals surface area contributed by atoms with Gasteiger partial charge < -0.3 is 9.84 Å². The minimum absolute atomic E-state index is 0.196. The van der Waals surface area contributed by atoms with Gasteiger partial charge >= 0.3 is 5.69 Å². The van der Waals surface area contributed by atoms with Gasteiger partial charge in [0.25, 0.3) is 5.56 Å². The van der Waals surface area contributed by atoms with Gasteiger partial charge in [-0.15, -0.1) is 5.10 Å². The second-order valence-corrected chi connectivity index (χ2v) is 6.76. The van der Waals surface area contributed by atoms with Crippen molar-refractivity contribution in [2.45, 2.75) is 50.2 Å². The van der Waals surface area contributed by atoms with Gasteiger partial charge in [0.2, 0.25) is 0 Å². The molecule has 2 aliphatic rings. The van der Waals surface area contributed by atoms with Gasteiger partial charge in [-0.3, -0.25) is 14.3 Å². The third-order valence-corrected chi connectivity index (χ3v) is 5.29. The van der Waals surface area contributed by atoms with E-state index in [9.17, 15) is 19.1 Å². The molecule has 10 heteroatoms. The zero-order valence-electron chi connectivity index (χ0n) is 13.6. The van der Waals surface area contributed by atoms with Crippen molar-refractivity contribution < 1.29 is 14.2 Å². The number of aryl methyl sites for hydroxylation is 1. The molecular formula is C15H18FN5O4. The zero-order chi connectivity index (χ0) is 17.8. The summed E-state index contributed by atoms with van der Waals surface area (Å²) >= 11 is 0. The van der Waals surface area contributed by atoms with Gasteiger partial charge in [-0.05, 0) is 19.8 Å². The Bertz CT molecular complexity index is 936. The summed E-state index contributed by atoms with van der Waals surface area (Å²) in [5.41, 5.74) is -2.33. The number of aliphatic hydroxyl groups is 1. The Labute approximate surface area is 141 Å². The lowest BCUT2D eigenvalue weighted by Gasteiger charge is -2.31. The number of nitrogens with one attached hydrogen (secondary N) is 1. The van der Waals surface area contributed by atoms with Crippen LogP contribution in [0.2, 0.25) is 0 Å². The van der Waals surface area contributed by atoms with Crippen molar-refractivity contribution in [1.29, 1.82) is 0 Å². The van der Waals surface area contributed by atoms with Gasteiger partial charge in [0.15, 0.2) is 5.72 Å². The highest BCUT2D eigenvalue weighted by atomic mass is 18.2. The standard InChI is InChI=1S/C15H18FN5O4/c1-9-6-20(13(24)17-12(9)23)15-3-2-14(8-22,25-15)11(4-15)21-7-10(5-16)18-19-21/h6-7,11,22H,2-5,8H2,1H3,(H,17,23,24)/i16-1. The van der Waals surface area contributed by atoms with E-state index in [2.05, 4.69) is 15.3 Å². The van der Waals surface area contributed by atoms with E-state index in [1.165, 1.54) is 21.6 Å². The van der Waals surface area contributed by atoms with Gasteiger partial charge in [0.1, 0.15) is 18.0 Å². The fraction of sp³-hybridized carbons (Fsp3) is 0.600. The van der Waals surface area contributed by atoms with Crippen LogP contribution < -0.4 is 11.2 Å². The molecule has 134 valence electrons. The molecule has 2 N–H and O–H groups in total. The Kier molecular flexibility index (Phi) is 3.45. The van der Waals surface area contributed by atoms with Crippen LogP contribution in [-0.2, 0) is 17.1 Å². The predicted molar refractivity (Wildman–Crippen MR) is 82.7 cm³/mol. The molecule has 3 unspecified atom stereocenters. The third kappa shape index (κ3) is 2.20. The molecule has 4 heterocycles. The molecule has 2 bridgehead atoms. The number of H-pyrrole nitrogens is 1. The Morgan fingerprint density at radius 3 is 2.92 bits per heavy atom. The number of aromatic nitrogens is 5. The molecule has 3 atom stereocenters. The van der Waals surface area contributed by atoms with Crippen LogP contribution in [0.5, 0.6) is 0 Å². The van der Waals surface area contributed by atoms with Gasteiger partial charge in [-0.1, -0.05) is 5.21 Å². The summed E-state index contributed by atoms with van der Waals surface area (Å²) in [5.74, 6) is 0. The van der Waals surface area contributed by atoms with E-state index in [0.29, 0.717) is 24.8 Å². The predicted octanol–water partition coefficient (Wildman–Crippen LogP) is -0.255. The maximum Gasteiger partial charge on any atom is 0.330 e. The molecule has 2 aromatic heterocycles. The van der Waals surface area contributed by atoms with Crippen LogP contribution in [0.25, 0.3) is 0 Å². The van der Waals surface area contributed by atoms with Crippen LogP contribution in [0.4, 0.5) is 4.39 Å². The Hall–Kier alpha value is -2.33. The number of aliphatic hydroxyl groups excluding tert-OH is 1. The van der Waals surface area contributed by atoms with Gasteiger partial charge in [0.05, 0.1) is 18.8 Å². The van der Waals surface area contributed by atoms with Gasteiger partial charge in [-0.2, -0.15) is 0 Å². The zero-order valence-corrected chi connectivity index (χ0v) is 13.6. The monoisotopic (exact) mass is 350 g/mol. The van der Waals surface area contributed by atoms with E-state index in [4.69, 9.17) is 4.74 Å². The first-order valence-corrected chi connectivity index (χ1v) is 8.04. The fourth-order valence-corrected chi connectivity index (χ4v) is 3.97. The summed E-state index contributed by atoms with van der Waals surface area (Å²) in [6.45, 7) is 0.613. The number of hydrogen-bond donors (Lipinski definition) is 2. The van der Waals surface area contributed by atoms with Crippen molar-refractivity contribution in [2.75, 3.05) is 6.61 Å². The molecule has 0 radical (unpaired) electrons. The molecule has 0 saturated carbocycles. The minimum Gasteiger partial charge on any atom is -0.393 e. The topological polar surface area (TPSA) is 115 Å². The largest absolute Gasteiger partial charge is 0.393 e. The Morgan fingerprint density at radius 1 is 1.44 bits per heavy atom. The normalized spacial score (nSPS) is 30.9. The molecule has 2 aromatic rings. The van der Waals surface area contributed by atoms with E-state index in [1.54, 1.807) is 6.92 Å². The number of alkyl halides is 1. The highest BCUT2D eigenvalue weighted by Gasteiger charge is 2.63. The summed E-state index contributed by atoms with van der Waals surface area (Å²) in [7, 11) is 0. The van der Waals surface area contributed by atoms with E-state index >= 15 is 0 Å². The second-order valence-electron chi connectivity index (χ2n) is 6.76.